The van der Waals surface area contributed by atoms with Crippen molar-refractivity contribution in [3.63, 3.8) is 0 Å². The number of hydrogen-bond acceptors (Lipinski definition) is 3. The Hall–Kier alpha value is -2.63. The van der Waals surface area contributed by atoms with E-state index in [1.807, 2.05) is 18.2 Å². The monoisotopic (exact) mass is 227 g/mol. The number of aromatic amines is 1. The number of pyridine rings is 1. The number of H-pyrrole nitrogens is 1. The summed E-state index contributed by atoms with van der Waals surface area (Å²) in [6.45, 7) is 0. The minimum atomic E-state index is -0.213. The van der Waals surface area contributed by atoms with Gasteiger partial charge in [0.15, 0.2) is 0 Å². The molecule has 1 amide bonds. The van der Waals surface area contributed by atoms with Gasteiger partial charge in [0.05, 0.1) is 23.5 Å². The van der Waals surface area contributed by atoms with Crippen LogP contribution >= 0.6 is 0 Å². The molecule has 84 valence electrons. The number of aromatic nitrogens is 4. The van der Waals surface area contributed by atoms with Gasteiger partial charge in [-0.3, -0.25) is 9.89 Å². The lowest BCUT2D eigenvalue weighted by atomic mass is 10.2. The van der Waals surface area contributed by atoms with Gasteiger partial charge in [-0.05, 0) is 12.1 Å². The second-order valence-corrected chi connectivity index (χ2v) is 3.51. The molecule has 2 N–H and O–H groups in total. The van der Waals surface area contributed by atoms with Crippen molar-refractivity contribution in [3.8, 4) is 0 Å². The molecule has 0 aromatic carbocycles. The molecule has 0 aliphatic carbocycles. The fourth-order valence-electron chi connectivity index (χ4n) is 1.62. The van der Waals surface area contributed by atoms with E-state index in [4.69, 9.17) is 0 Å². The molecule has 6 nitrogen and oxygen atoms in total. The normalized spacial score (nSPS) is 10.6. The third kappa shape index (κ3) is 1.65. The van der Waals surface area contributed by atoms with E-state index < -0.39 is 0 Å². The van der Waals surface area contributed by atoms with Gasteiger partial charge in [-0.15, -0.1) is 0 Å². The molecule has 0 aliphatic heterocycles. The predicted octanol–water partition coefficient (Wildman–Crippen LogP) is 1.31. The molecular weight excluding hydrogens is 218 g/mol. The van der Waals surface area contributed by atoms with Gasteiger partial charge in [0.1, 0.15) is 5.82 Å². The molecule has 0 aliphatic rings. The number of carbonyl (C=O) groups excluding carboxylic acids is 1. The molecule has 3 aromatic heterocycles. The topological polar surface area (TPSA) is 75.1 Å². The minimum Gasteiger partial charge on any atom is -0.307 e. The summed E-state index contributed by atoms with van der Waals surface area (Å²) >= 11 is 0. The van der Waals surface area contributed by atoms with Gasteiger partial charge >= 0.3 is 0 Å². The predicted molar refractivity (Wildman–Crippen MR) is 61.7 cm³/mol. The van der Waals surface area contributed by atoms with Crippen LogP contribution < -0.4 is 5.32 Å². The molecule has 3 heterocycles. The first-order valence-corrected chi connectivity index (χ1v) is 5.08. The lowest BCUT2D eigenvalue weighted by Gasteiger charge is -2.00. The summed E-state index contributed by atoms with van der Waals surface area (Å²) in [6.07, 6.45) is 4.91. The second kappa shape index (κ2) is 3.75. The van der Waals surface area contributed by atoms with Gasteiger partial charge in [-0.1, -0.05) is 6.07 Å². The largest absolute Gasteiger partial charge is 0.307 e. The van der Waals surface area contributed by atoms with E-state index in [0.717, 1.165) is 5.52 Å². The number of nitrogens with one attached hydrogen (secondary N) is 2. The molecule has 0 spiro atoms. The zero-order valence-corrected chi connectivity index (χ0v) is 8.79. The molecule has 3 rings (SSSR count). The number of amides is 1. The first-order chi connectivity index (χ1) is 8.34. The van der Waals surface area contributed by atoms with Gasteiger partial charge in [-0.25, -0.2) is 4.52 Å². The molecule has 0 radical (unpaired) electrons. The average Bonchev–Trinajstić information content (AvgIpc) is 2.96. The van der Waals surface area contributed by atoms with Crippen LogP contribution in [0, 0.1) is 0 Å². The number of carbonyl (C=O) groups is 1. The second-order valence-electron chi connectivity index (χ2n) is 3.51. The van der Waals surface area contributed by atoms with Crippen LogP contribution in [0.15, 0.2) is 42.9 Å². The minimum absolute atomic E-state index is 0.213. The Bertz CT molecular complexity index is 655. The molecule has 0 saturated heterocycles. The van der Waals surface area contributed by atoms with Crippen molar-refractivity contribution in [3.05, 3.63) is 48.4 Å². The Morgan fingerprint density at radius 3 is 3.12 bits per heavy atom. The fourth-order valence-corrected chi connectivity index (χ4v) is 1.62. The molecule has 0 unspecified atom stereocenters. The smallest absolute Gasteiger partial charge is 0.260 e. The third-order valence-corrected chi connectivity index (χ3v) is 2.42. The van der Waals surface area contributed by atoms with Crippen molar-refractivity contribution >= 4 is 17.2 Å². The maximum Gasteiger partial charge on any atom is 0.260 e. The van der Waals surface area contributed by atoms with Crippen LogP contribution in [0.4, 0.5) is 5.82 Å². The third-order valence-electron chi connectivity index (χ3n) is 2.42. The Morgan fingerprint density at radius 2 is 2.29 bits per heavy atom. The Labute approximate surface area is 96.3 Å². The number of nitrogens with zero attached hydrogens (tertiary/aromatic N) is 3. The summed E-state index contributed by atoms with van der Waals surface area (Å²) in [5.41, 5.74) is 1.30. The maximum absolute atomic E-state index is 12.0. The molecule has 3 aromatic rings. The summed E-state index contributed by atoms with van der Waals surface area (Å²) in [6, 6.07) is 7.25. The number of hydrogen-bond donors (Lipinski definition) is 2. The number of anilines is 1. The Balaban J connectivity index is 1.96. The highest BCUT2D eigenvalue weighted by Gasteiger charge is 2.12. The summed E-state index contributed by atoms with van der Waals surface area (Å²) in [7, 11) is 0. The van der Waals surface area contributed by atoms with Crippen LogP contribution in [0.5, 0.6) is 0 Å². The van der Waals surface area contributed by atoms with Gasteiger partial charge in [-0.2, -0.15) is 10.2 Å². The molecular formula is C11H9N5O. The van der Waals surface area contributed by atoms with Crippen LogP contribution in [-0.4, -0.2) is 25.7 Å². The standard InChI is InChI=1S/C11H9N5O/c17-11(14-10-4-5-12-15-10)8-7-13-16-6-2-1-3-9(8)16/h1-7H,(H2,12,14,15,17). The van der Waals surface area contributed by atoms with Gasteiger partial charge in [0, 0.05) is 12.3 Å². The van der Waals surface area contributed by atoms with Crippen molar-refractivity contribution in [2.75, 3.05) is 5.32 Å². The fraction of sp³-hybridized carbons (Fsp3) is 0. The number of fused-ring (bicyclic) bond motifs is 1. The van der Waals surface area contributed by atoms with Gasteiger partial charge in [0.25, 0.3) is 5.91 Å². The van der Waals surface area contributed by atoms with Crippen molar-refractivity contribution in [2.24, 2.45) is 0 Å². The van der Waals surface area contributed by atoms with E-state index in [1.165, 1.54) is 0 Å². The summed E-state index contributed by atoms with van der Waals surface area (Å²) in [4.78, 5) is 12.0. The van der Waals surface area contributed by atoms with E-state index in [9.17, 15) is 4.79 Å². The van der Waals surface area contributed by atoms with Crippen molar-refractivity contribution < 1.29 is 4.79 Å². The van der Waals surface area contributed by atoms with Crippen LogP contribution in [0.3, 0.4) is 0 Å². The quantitative estimate of drug-likeness (QED) is 0.693. The van der Waals surface area contributed by atoms with Gasteiger partial charge in [0.2, 0.25) is 0 Å². The zero-order chi connectivity index (χ0) is 11.7. The molecule has 0 bridgehead atoms. The molecule has 17 heavy (non-hydrogen) atoms. The van der Waals surface area contributed by atoms with Crippen molar-refractivity contribution in [1.29, 1.82) is 0 Å². The first-order valence-electron chi connectivity index (χ1n) is 5.08. The summed E-state index contributed by atoms with van der Waals surface area (Å²) < 4.78 is 1.65. The van der Waals surface area contributed by atoms with Crippen LogP contribution in [0.1, 0.15) is 10.4 Å². The van der Waals surface area contributed by atoms with Crippen molar-refractivity contribution in [2.45, 2.75) is 0 Å². The average molecular weight is 227 g/mol. The van der Waals surface area contributed by atoms with Crippen LogP contribution in [0.25, 0.3) is 5.52 Å². The number of rotatable bonds is 2. The Kier molecular flexibility index (Phi) is 2.11. The highest BCUT2D eigenvalue weighted by atomic mass is 16.1. The van der Waals surface area contributed by atoms with Crippen LogP contribution in [-0.2, 0) is 0 Å². The molecule has 0 saturated carbocycles. The van der Waals surface area contributed by atoms with Gasteiger partial charge < -0.3 is 5.32 Å². The Morgan fingerprint density at radius 1 is 1.35 bits per heavy atom. The van der Waals surface area contributed by atoms with E-state index in [-0.39, 0.29) is 5.91 Å². The van der Waals surface area contributed by atoms with Crippen LogP contribution in [0.2, 0.25) is 0 Å². The van der Waals surface area contributed by atoms with E-state index in [0.29, 0.717) is 11.4 Å². The SMILES string of the molecule is O=C(Nc1ccn[nH]1)c1cnn2ccccc12. The maximum atomic E-state index is 12.0. The van der Waals surface area contributed by atoms with Crippen molar-refractivity contribution in [1.82, 2.24) is 19.8 Å². The van der Waals surface area contributed by atoms with E-state index in [1.54, 1.807) is 29.2 Å². The molecule has 0 fully saturated rings. The summed E-state index contributed by atoms with van der Waals surface area (Å²) in [5, 5.41) is 13.2. The lowest BCUT2D eigenvalue weighted by Crippen LogP contribution is -2.11. The molecule has 0 atom stereocenters. The zero-order valence-electron chi connectivity index (χ0n) is 8.79. The lowest BCUT2D eigenvalue weighted by molar-refractivity contribution is 0.102. The van der Waals surface area contributed by atoms with E-state index in [2.05, 4.69) is 20.6 Å². The van der Waals surface area contributed by atoms with E-state index >= 15 is 0 Å². The highest BCUT2D eigenvalue weighted by molar-refractivity contribution is 6.08. The highest BCUT2D eigenvalue weighted by Crippen LogP contribution is 2.11. The summed E-state index contributed by atoms with van der Waals surface area (Å²) in [5.74, 6) is 0.348. The molecule has 6 heteroatoms. The first kappa shape index (κ1) is 9.59.